The molecule has 2 aromatic rings. The third-order valence-electron chi connectivity index (χ3n) is 3.27. The van der Waals surface area contributed by atoms with E-state index in [-0.39, 0.29) is 5.97 Å². The molecule has 0 saturated carbocycles. The van der Waals surface area contributed by atoms with Crippen molar-refractivity contribution in [1.82, 2.24) is 4.98 Å². The van der Waals surface area contributed by atoms with Gasteiger partial charge < -0.3 is 10.1 Å². The van der Waals surface area contributed by atoms with Crippen LogP contribution in [-0.2, 0) is 9.53 Å². The zero-order chi connectivity index (χ0) is 14.1. The van der Waals surface area contributed by atoms with Crippen molar-refractivity contribution >= 4 is 27.6 Å². The predicted molar refractivity (Wildman–Crippen MR) is 80.4 cm³/mol. The van der Waals surface area contributed by atoms with Gasteiger partial charge in [-0.1, -0.05) is 18.2 Å². The molecule has 0 bridgehead atoms. The maximum atomic E-state index is 12.2. The van der Waals surface area contributed by atoms with Gasteiger partial charge in [-0.15, -0.1) is 0 Å². The summed E-state index contributed by atoms with van der Waals surface area (Å²) in [6, 6.07) is 9.28. The van der Waals surface area contributed by atoms with Gasteiger partial charge in [0.1, 0.15) is 4.60 Å². The van der Waals surface area contributed by atoms with E-state index in [2.05, 4.69) is 26.2 Å². The first-order valence-corrected chi connectivity index (χ1v) is 7.18. The molecule has 102 valence electrons. The minimum Gasteiger partial charge on any atom is -0.464 e. The minimum absolute atomic E-state index is 0.294. The van der Waals surface area contributed by atoms with Crippen LogP contribution in [0.3, 0.4) is 0 Å². The predicted octanol–water partition coefficient (Wildman–Crippen LogP) is 3.54. The van der Waals surface area contributed by atoms with Crippen LogP contribution in [-0.4, -0.2) is 17.6 Å². The summed E-state index contributed by atoms with van der Waals surface area (Å²) in [5.74, 6) is -0.294. The first-order valence-electron chi connectivity index (χ1n) is 6.39. The maximum Gasteiger partial charge on any atom is 0.333 e. The second kappa shape index (κ2) is 5.25. The van der Waals surface area contributed by atoms with Crippen molar-refractivity contribution in [2.24, 2.45) is 0 Å². The van der Waals surface area contributed by atoms with Crippen molar-refractivity contribution in [2.75, 3.05) is 11.9 Å². The molecule has 1 aliphatic rings. The molecule has 1 aromatic carbocycles. The summed E-state index contributed by atoms with van der Waals surface area (Å²) in [6.45, 7) is 2.15. The Morgan fingerprint density at radius 2 is 2.15 bits per heavy atom. The van der Waals surface area contributed by atoms with Crippen molar-refractivity contribution in [3.63, 3.8) is 0 Å². The molecule has 1 unspecified atom stereocenters. The van der Waals surface area contributed by atoms with E-state index in [1.165, 1.54) is 0 Å². The van der Waals surface area contributed by atoms with Crippen molar-refractivity contribution in [1.29, 1.82) is 0 Å². The summed E-state index contributed by atoms with van der Waals surface area (Å²) in [4.78, 5) is 16.4. The van der Waals surface area contributed by atoms with Gasteiger partial charge in [0.05, 0.1) is 6.61 Å². The molecular weight excluding hydrogens is 320 g/mol. The molecule has 2 heterocycles. The van der Waals surface area contributed by atoms with Crippen LogP contribution in [0.1, 0.15) is 18.5 Å². The highest BCUT2D eigenvalue weighted by Crippen LogP contribution is 2.42. The van der Waals surface area contributed by atoms with E-state index in [1.807, 2.05) is 30.3 Å². The van der Waals surface area contributed by atoms with Crippen LogP contribution in [0.5, 0.6) is 0 Å². The molecule has 4 nitrogen and oxygen atoms in total. The summed E-state index contributed by atoms with van der Waals surface area (Å²) < 4.78 is 5.82. The molecule has 0 aliphatic carbocycles. The van der Waals surface area contributed by atoms with Gasteiger partial charge in [0.2, 0.25) is 0 Å². The van der Waals surface area contributed by atoms with Crippen LogP contribution in [0.15, 0.2) is 41.1 Å². The normalized spacial score (nSPS) is 15.8. The van der Waals surface area contributed by atoms with Crippen molar-refractivity contribution < 1.29 is 9.53 Å². The number of carbonyl (C=O) groups is 1. The number of benzene rings is 1. The summed E-state index contributed by atoms with van der Waals surface area (Å²) >= 11 is 3.43. The summed E-state index contributed by atoms with van der Waals surface area (Å²) in [6.07, 6.45) is 1.73. The number of carbonyl (C=O) groups excluding carboxylic acids is 1. The van der Waals surface area contributed by atoms with Gasteiger partial charge in [-0.2, -0.15) is 0 Å². The number of nitrogens with one attached hydrogen (secondary N) is 1. The fourth-order valence-electron chi connectivity index (χ4n) is 2.43. The Bertz CT molecular complexity index is 673. The van der Waals surface area contributed by atoms with E-state index in [0.29, 0.717) is 11.2 Å². The number of ether oxygens (including phenoxy) is 1. The van der Waals surface area contributed by atoms with Crippen LogP contribution >= 0.6 is 15.9 Å². The molecule has 0 fully saturated rings. The lowest BCUT2D eigenvalue weighted by atomic mass is 9.91. The zero-order valence-corrected chi connectivity index (χ0v) is 12.5. The van der Waals surface area contributed by atoms with Crippen molar-refractivity contribution in [2.45, 2.75) is 13.0 Å². The molecule has 1 aliphatic heterocycles. The average Bonchev–Trinajstić information content (AvgIpc) is 2.47. The van der Waals surface area contributed by atoms with Crippen molar-refractivity contribution in [3.8, 4) is 11.1 Å². The number of aromatic nitrogens is 1. The Morgan fingerprint density at radius 1 is 1.35 bits per heavy atom. The van der Waals surface area contributed by atoms with Gasteiger partial charge in [-0.3, -0.25) is 0 Å². The zero-order valence-electron chi connectivity index (χ0n) is 10.9. The second-order valence-electron chi connectivity index (χ2n) is 4.44. The molecule has 1 aromatic heterocycles. The van der Waals surface area contributed by atoms with Gasteiger partial charge in [0.25, 0.3) is 0 Å². The fourth-order valence-corrected chi connectivity index (χ4v) is 2.99. The first kappa shape index (κ1) is 13.1. The third kappa shape index (κ3) is 2.08. The number of hydrogen-bond acceptors (Lipinski definition) is 4. The largest absolute Gasteiger partial charge is 0.464 e. The maximum absolute atomic E-state index is 12.2. The minimum atomic E-state index is -0.539. The number of anilines is 1. The summed E-state index contributed by atoms with van der Waals surface area (Å²) in [7, 11) is 0. The Labute approximate surface area is 125 Å². The Kier molecular flexibility index (Phi) is 3.44. The molecule has 0 amide bonds. The first-order chi connectivity index (χ1) is 9.72. The Morgan fingerprint density at radius 3 is 2.95 bits per heavy atom. The molecule has 1 atom stereocenters. The quantitative estimate of drug-likeness (QED) is 0.675. The number of nitrogens with zero attached hydrogens (tertiary/aromatic N) is 1. The van der Waals surface area contributed by atoms with E-state index < -0.39 is 6.04 Å². The lowest BCUT2D eigenvalue weighted by Crippen LogP contribution is -2.27. The third-order valence-corrected chi connectivity index (χ3v) is 3.90. The standard InChI is InChI=1S/C15H13BrN2O2/c1-2-20-15(19)13-12-10(7-8-17-14(12)16)9-5-3-4-6-11(9)18-13/h3-8,13,18H,2H2,1H3. The number of fused-ring (bicyclic) bond motifs is 3. The number of para-hydroxylation sites is 1. The van der Waals surface area contributed by atoms with Crippen LogP contribution in [0.2, 0.25) is 0 Å². The van der Waals surface area contributed by atoms with Gasteiger partial charge in [-0.25, -0.2) is 9.78 Å². The number of pyridine rings is 1. The highest BCUT2D eigenvalue weighted by Gasteiger charge is 2.32. The van der Waals surface area contributed by atoms with Crippen molar-refractivity contribution in [3.05, 3.63) is 46.7 Å². The van der Waals surface area contributed by atoms with Crippen LogP contribution in [0.25, 0.3) is 11.1 Å². The lowest BCUT2D eigenvalue weighted by Gasteiger charge is -2.28. The number of hydrogen-bond donors (Lipinski definition) is 1. The molecule has 0 spiro atoms. The molecule has 3 rings (SSSR count). The van der Waals surface area contributed by atoms with Crippen LogP contribution in [0, 0.1) is 0 Å². The number of rotatable bonds is 2. The van der Waals surface area contributed by atoms with Crippen LogP contribution < -0.4 is 5.32 Å². The van der Waals surface area contributed by atoms with Gasteiger partial charge in [-0.05, 0) is 40.5 Å². The van der Waals surface area contributed by atoms with Gasteiger partial charge >= 0.3 is 5.97 Å². The van der Waals surface area contributed by atoms with E-state index in [1.54, 1.807) is 13.1 Å². The van der Waals surface area contributed by atoms with Gasteiger partial charge in [0.15, 0.2) is 6.04 Å². The molecule has 0 saturated heterocycles. The Balaban J connectivity index is 2.18. The highest BCUT2D eigenvalue weighted by molar-refractivity contribution is 9.10. The number of halogens is 1. The molecule has 0 radical (unpaired) electrons. The molecule has 1 N–H and O–H groups in total. The van der Waals surface area contributed by atoms with E-state index in [9.17, 15) is 4.79 Å². The lowest BCUT2D eigenvalue weighted by molar-refractivity contribution is -0.144. The topological polar surface area (TPSA) is 51.2 Å². The SMILES string of the molecule is CCOC(=O)C1Nc2ccccc2-c2ccnc(Br)c21. The number of esters is 1. The van der Waals surface area contributed by atoms with E-state index in [0.717, 1.165) is 22.4 Å². The molecular formula is C15H13BrN2O2. The van der Waals surface area contributed by atoms with E-state index in [4.69, 9.17) is 4.74 Å². The second-order valence-corrected chi connectivity index (χ2v) is 5.19. The highest BCUT2D eigenvalue weighted by atomic mass is 79.9. The summed E-state index contributed by atoms with van der Waals surface area (Å²) in [5.41, 5.74) is 3.81. The smallest absolute Gasteiger partial charge is 0.333 e. The van der Waals surface area contributed by atoms with E-state index >= 15 is 0 Å². The monoisotopic (exact) mass is 332 g/mol. The Hall–Kier alpha value is -1.88. The average molecular weight is 333 g/mol. The fraction of sp³-hybridized carbons (Fsp3) is 0.200. The molecule has 20 heavy (non-hydrogen) atoms. The van der Waals surface area contributed by atoms with Gasteiger partial charge in [0, 0.05) is 23.0 Å². The molecule has 5 heteroatoms. The van der Waals surface area contributed by atoms with Crippen LogP contribution in [0.4, 0.5) is 5.69 Å². The summed E-state index contributed by atoms with van der Waals surface area (Å²) in [5, 5.41) is 3.23.